The van der Waals surface area contributed by atoms with Gasteiger partial charge in [0.1, 0.15) is 0 Å². The molecule has 4 heteroatoms. The van der Waals surface area contributed by atoms with Crippen LogP contribution in [-0.2, 0) is 4.74 Å². The highest BCUT2D eigenvalue weighted by atomic mass is 16.5. The van der Waals surface area contributed by atoms with Crippen molar-refractivity contribution in [2.24, 2.45) is 5.73 Å². The van der Waals surface area contributed by atoms with E-state index in [-0.39, 0.29) is 12.1 Å². The number of rotatable bonds is 4. The van der Waals surface area contributed by atoms with Gasteiger partial charge < -0.3 is 15.8 Å². The van der Waals surface area contributed by atoms with Crippen molar-refractivity contribution < 1.29 is 9.53 Å². The molecule has 2 atom stereocenters. The number of benzene rings is 1. The molecule has 1 aromatic rings. The van der Waals surface area contributed by atoms with Crippen LogP contribution in [0.4, 0.5) is 4.79 Å². The van der Waals surface area contributed by atoms with E-state index < -0.39 is 6.09 Å². The van der Waals surface area contributed by atoms with Crippen molar-refractivity contribution in [3.63, 3.8) is 0 Å². The first-order valence-corrected chi connectivity index (χ1v) is 5.39. The Hall–Kier alpha value is -1.55. The Morgan fingerprint density at radius 3 is 2.62 bits per heavy atom. The Bertz CT molecular complexity index is 327. The molecule has 0 aliphatic heterocycles. The van der Waals surface area contributed by atoms with Crippen molar-refractivity contribution in [1.82, 2.24) is 5.32 Å². The highest BCUT2D eigenvalue weighted by molar-refractivity contribution is 5.67. The zero-order valence-corrected chi connectivity index (χ0v) is 9.64. The molecule has 3 N–H and O–H groups in total. The van der Waals surface area contributed by atoms with E-state index in [0.29, 0.717) is 6.61 Å². The number of carbonyl (C=O) groups excluding carboxylic acids is 1. The van der Waals surface area contributed by atoms with Crippen LogP contribution in [0, 0.1) is 0 Å². The summed E-state index contributed by atoms with van der Waals surface area (Å²) in [6.45, 7) is 3.98. The van der Waals surface area contributed by atoms with Gasteiger partial charge in [0.25, 0.3) is 0 Å². The second-order valence-electron chi connectivity index (χ2n) is 3.59. The van der Waals surface area contributed by atoms with Gasteiger partial charge in [0.05, 0.1) is 6.61 Å². The molecule has 1 amide bonds. The lowest BCUT2D eigenvalue weighted by Gasteiger charge is -2.21. The monoisotopic (exact) mass is 222 g/mol. The zero-order chi connectivity index (χ0) is 12.0. The average molecular weight is 222 g/mol. The number of carbonyl (C=O) groups is 1. The molecule has 0 bridgehead atoms. The normalized spacial score (nSPS) is 13.9. The molecule has 0 aromatic heterocycles. The molecule has 0 aliphatic rings. The fourth-order valence-corrected chi connectivity index (χ4v) is 1.41. The molecule has 0 spiro atoms. The topological polar surface area (TPSA) is 64.3 Å². The summed E-state index contributed by atoms with van der Waals surface area (Å²) in [4.78, 5) is 11.2. The fraction of sp³-hybridized carbons (Fsp3) is 0.417. The first-order valence-electron chi connectivity index (χ1n) is 5.39. The molecular weight excluding hydrogens is 204 g/mol. The van der Waals surface area contributed by atoms with Crippen LogP contribution < -0.4 is 11.1 Å². The summed E-state index contributed by atoms with van der Waals surface area (Å²) in [6, 6.07) is 9.26. The van der Waals surface area contributed by atoms with Crippen molar-refractivity contribution in [3.8, 4) is 0 Å². The molecule has 0 saturated carbocycles. The number of ether oxygens (including phenoxy) is 1. The number of amides is 1. The molecule has 88 valence electrons. The van der Waals surface area contributed by atoms with Gasteiger partial charge in [-0.2, -0.15) is 0 Å². The van der Waals surface area contributed by atoms with Gasteiger partial charge in [-0.25, -0.2) is 4.79 Å². The molecule has 16 heavy (non-hydrogen) atoms. The van der Waals surface area contributed by atoms with Crippen LogP contribution in [0.2, 0.25) is 0 Å². The molecule has 0 saturated heterocycles. The van der Waals surface area contributed by atoms with Gasteiger partial charge in [0.15, 0.2) is 0 Å². The van der Waals surface area contributed by atoms with Crippen molar-refractivity contribution in [1.29, 1.82) is 0 Å². The molecule has 0 fully saturated rings. The van der Waals surface area contributed by atoms with E-state index >= 15 is 0 Å². The quantitative estimate of drug-likeness (QED) is 0.816. The third kappa shape index (κ3) is 3.55. The van der Waals surface area contributed by atoms with E-state index in [0.717, 1.165) is 5.56 Å². The SMILES string of the molecule is CCOC(=O)N[C@H](C)[C@H](N)c1ccccc1. The molecule has 1 aromatic carbocycles. The Morgan fingerprint density at radius 2 is 2.06 bits per heavy atom. The van der Waals surface area contributed by atoms with Crippen LogP contribution in [0.15, 0.2) is 30.3 Å². The van der Waals surface area contributed by atoms with E-state index in [2.05, 4.69) is 5.32 Å². The first kappa shape index (κ1) is 12.5. The smallest absolute Gasteiger partial charge is 0.407 e. The van der Waals surface area contributed by atoms with Crippen molar-refractivity contribution >= 4 is 6.09 Å². The standard InChI is InChI=1S/C12H18N2O2/c1-3-16-12(15)14-9(2)11(13)10-7-5-4-6-8-10/h4-9,11H,3,13H2,1-2H3,(H,14,15)/t9-,11+/m1/s1. The van der Waals surface area contributed by atoms with Crippen LogP contribution in [0.5, 0.6) is 0 Å². The van der Waals surface area contributed by atoms with Gasteiger partial charge in [-0.3, -0.25) is 0 Å². The Morgan fingerprint density at radius 1 is 1.44 bits per heavy atom. The maximum atomic E-state index is 11.2. The maximum Gasteiger partial charge on any atom is 0.407 e. The van der Waals surface area contributed by atoms with Crippen LogP contribution >= 0.6 is 0 Å². The van der Waals surface area contributed by atoms with Crippen LogP contribution in [-0.4, -0.2) is 18.7 Å². The molecule has 0 radical (unpaired) electrons. The van der Waals surface area contributed by atoms with E-state index in [4.69, 9.17) is 10.5 Å². The molecule has 1 rings (SSSR count). The Balaban J connectivity index is 2.54. The third-order valence-electron chi connectivity index (χ3n) is 2.34. The summed E-state index contributed by atoms with van der Waals surface area (Å²) in [7, 11) is 0. The summed E-state index contributed by atoms with van der Waals surface area (Å²) in [5.41, 5.74) is 7.01. The predicted molar refractivity (Wildman–Crippen MR) is 63.0 cm³/mol. The van der Waals surface area contributed by atoms with E-state index in [1.54, 1.807) is 6.92 Å². The number of alkyl carbamates (subject to hydrolysis) is 1. The van der Waals surface area contributed by atoms with Gasteiger partial charge in [-0.15, -0.1) is 0 Å². The maximum absolute atomic E-state index is 11.2. The minimum atomic E-state index is -0.429. The van der Waals surface area contributed by atoms with Crippen LogP contribution in [0.3, 0.4) is 0 Å². The van der Waals surface area contributed by atoms with E-state index in [9.17, 15) is 4.79 Å². The van der Waals surface area contributed by atoms with Gasteiger partial charge in [-0.05, 0) is 19.4 Å². The summed E-state index contributed by atoms with van der Waals surface area (Å²) in [5, 5.41) is 2.69. The number of nitrogens with two attached hydrogens (primary N) is 1. The zero-order valence-electron chi connectivity index (χ0n) is 9.64. The van der Waals surface area contributed by atoms with Gasteiger partial charge >= 0.3 is 6.09 Å². The van der Waals surface area contributed by atoms with Crippen molar-refractivity contribution in [2.75, 3.05) is 6.61 Å². The predicted octanol–water partition coefficient (Wildman–Crippen LogP) is 1.82. The highest BCUT2D eigenvalue weighted by Gasteiger charge is 2.16. The van der Waals surface area contributed by atoms with Gasteiger partial charge in [-0.1, -0.05) is 30.3 Å². The fourth-order valence-electron chi connectivity index (χ4n) is 1.41. The summed E-state index contributed by atoms with van der Waals surface area (Å²) in [5.74, 6) is 0. The minimum Gasteiger partial charge on any atom is -0.450 e. The van der Waals surface area contributed by atoms with E-state index in [1.165, 1.54) is 0 Å². The number of hydrogen-bond donors (Lipinski definition) is 2. The third-order valence-corrected chi connectivity index (χ3v) is 2.34. The molecule has 0 heterocycles. The Labute approximate surface area is 95.8 Å². The number of nitrogens with one attached hydrogen (secondary N) is 1. The van der Waals surface area contributed by atoms with E-state index in [1.807, 2.05) is 37.3 Å². The second-order valence-corrected chi connectivity index (χ2v) is 3.59. The molecule has 0 unspecified atom stereocenters. The lowest BCUT2D eigenvalue weighted by molar-refractivity contribution is 0.147. The molecule has 0 aliphatic carbocycles. The number of hydrogen-bond acceptors (Lipinski definition) is 3. The van der Waals surface area contributed by atoms with Crippen LogP contribution in [0.25, 0.3) is 0 Å². The highest BCUT2D eigenvalue weighted by Crippen LogP contribution is 2.13. The average Bonchev–Trinajstić information content (AvgIpc) is 2.29. The Kier molecular flexibility index (Phi) is 4.79. The van der Waals surface area contributed by atoms with Crippen molar-refractivity contribution in [2.45, 2.75) is 25.9 Å². The van der Waals surface area contributed by atoms with Crippen LogP contribution in [0.1, 0.15) is 25.5 Å². The van der Waals surface area contributed by atoms with Crippen molar-refractivity contribution in [3.05, 3.63) is 35.9 Å². The minimum absolute atomic E-state index is 0.165. The summed E-state index contributed by atoms with van der Waals surface area (Å²) in [6.07, 6.45) is -0.429. The summed E-state index contributed by atoms with van der Waals surface area (Å²) >= 11 is 0. The lowest BCUT2D eigenvalue weighted by atomic mass is 10.0. The van der Waals surface area contributed by atoms with Gasteiger partial charge in [0, 0.05) is 12.1 Å². The lowest BCUT2D eigenvalue weighted by Crippen LogP contribution is -2.40. The molecular formula is C12H18N2O2. The van der Waals surface area contributed by atoms with Gasteiger partial charge in [0.2, 0.25) is 0 Å². The first-order chi connectivity index (χ1) is 7.65. The largest absolute Gasteiger partial charge is 0.450 e. The summed E-state index contributed by atoms with van der Waals surface area (Å²) < 4.78 is 4.79. The second kappa shape index (κ2) is 6.12. The molecule has 4 nitrogen and oxygen atoms in total.